The first kappa shape index (κ1) is 28.4. The minimum absolute atomic E-state index is 0.0260. The molecule has 2 aliphatic rings. The molecule has 2 heterocycles. The molecule has 8 nitrogen and oxygen atoms in total. The number of amides is 2. The highest BCUT2D eigenvalue weighted by Gasteiger charge is 2.35. The van der Waals surface area contributed by atoms with Crippen molar-refractivity contribution in [2.45, 2.75) is 45.4 Å². The van der Waals surface area contributed by atoms with E-state index in [2.05, 4.69) is 22.5 Å². The number of ether oxygens (including phenoxy) is 1. The lowest BCUT2D eigenvalue weighted by Gasteiger charge is -2.38. The molecule has 0 spiro atoms. The predicted molar refractivity (Wildman–Crippen MR) is 150 cm³/mol. The van der Waals surface area contributed by atoms with E-state index < -0.39 is 0 Å². The van der Waals surface area contributed by atoms with E-state index in [9.17, 15) is 14.7 Å². The summed E-state index contributed by atoms with van der Waals surface area (Å²) >= 11 is 6.05. The largest absolute Gasteiger partial charge is 0.486 e. The predicted octanol–water partition coefficient (Wildman–Crippen LogP) is 3.63. The lowest BCUT2D eigenvalue weighted by atomic mass is 9.96. The maximum Gasteiger partial charge on any atom is 0.258 e. The minimum Gasteiger partial charge on any atom is -0.486 e. The van der Waals surface area contributed by atoms with Crippen molar-refractivity contribution in [3.63, 3.8) is 0 Å². The topological polar surface area (TPSA) is 94.1 Å². The fourth-order valence-corrected chi connectivity index (χ4v) is 5.28. The first-order chi connectivity index (χ1) is 18.3. The van der Waals surface area contributed by atoms with Gasteiger partial charge in [0.2, 0.25) is 5.91 Å². The van der Waals surface area contributed by atoms with Crippen LogP contribution >= 0.6 is 11.6 Å². The third-order valence-electron chi connectivity index (χ3n) is 7.52. The number of fused-ring (bicyclic) bond motifs is 1. The molecule has 2 aromatic carbocycles. The van der Waals surface area contributed by atoms with E-state index in [0.29, 0.717) is 41.7 Å². The van der Waals surface area contributed by atoms with Crippen LogP contribution in [0.3, 0.4) is 0 Å². The Hall–Kier alpha value is -2.65. The van der Waals surface area contributed by atoms with Crippen LogP contribution < -0.4 is 15.4 Å². The van der Waals surface area contributed by atoms with Crippen LogP contribution in [0, 0.1) is 11.8 Å². The molecule has 0 radical (unpaired) electrons. The second kappa shape index (κ2) is 12.9. The molecule has 3 N–H and O–H groups in total. The van der Waals surface area contributed by atoms with Crippen molar-refractivity contribution in [1.82, 2.24) is 15.1 Å². The number of aliphatic hydroxyl groups excluding tert-OH is 1. The number of piperidine rings is 1. The molecule has 3 unspecified atom stereocenters. The zero-order chi connectivity index (χ0) is 27.2. The first-order valence-electron chi connectivity index (χ1n) is 13.4. The Morgan fingerprint density at radius 1 is 1.24 bits per heavy atom. The van der Waals surface area contributed by atoms with Gasteiger partial charge in [-0.25, -0.2) is 0 Å². The molecule has 38 heavy (non-hydrogen) atoms. The summed E-state index contributed by atoms with van der Waals surface area (Å²) in [6.45, 7) is 7.16. The third-order valence-corrected chi connectivity index (χ3v) is 7.77. The molecule has 1 fully saturated rings. The highest BCUT2D eigenvalue weighted by Crippen LogP contribution is 2.35. The molecule has 0 bridgehead atoms. The Labute approximate surface area is 230 Å². The Bertz CT molecular complexity index is 1110. The van der Waals surface area contributed by atoms with Gasteiger partial charge in [-0.05, 0) is 69.7 Å². The van der Waals surface area contributed by atoms with Crippen molar-refractivity contribution in [3.05, 3.63) is 58.6 Å². The normalized spacial score (nSPS) is 21.3. The molecule has 2 aromatic rings. The van der Waals surface area contributed by atoms with E-state index in [-0.39, 0.29) is 42.4 Å². The molecular formula is C29H39ClN4O4. The van der Waals surface area contributed by atoms with E-state index in [1.807, 2.05) is 38.2 Å². The number of nitrogens with one attached hydrogen (secondary N) is 2. The van der Waals surface area contributed by atoms with Crippen LogP contribution in [0.25, 0.3) is 0 Å². The van der Waals surface area contributed by atoms with Crippen LogP contribution in [-0.4, -0.2) is 78.7 Å². The van der Waals surface area contributed by atoms with E-state index in [1.165, 1.54) is 0 Å². The number of rotatable bonds is 8. The third kappa shape index (κ3) is 6.86. The average molecular weight is 543 g/mol. The number of carbonyl (C=O) groups excluding carboxylic acids is 2. The van der Waals surface area contributed by atoms with Crippen molar-refractivity contribution in [2.24, 2.45) is 11.8 Å². The number of hydrogen-bond acceptors (Lipinski definition) is 6. The van der Waals surface area contributed by atoms with Crippen molar-refractivity contribution >= 4 is 29.1 Å². The van der Waals surface area contributed by atoms with Crippen molar-refractivity contribution in [1.29, 1.82) is 0 Å². The molecule has 4 rings (SSSR count). The van der Waals surface area contributed by atoms with Crippen molar-refractivity contribution in [3.8, 4) is 5.75 Å². The number of carbonyl (C=O) groups is 2. The summed E-state index contributed by atoms with van der Waals surface area (Å²) in [5.41, 5.74) is 2.04. The number of aliphatic hydroxyl groups is 1. The van der Waals surface area contributed by atoms with Crippen molar-refractivity contribution < 1.29 is 19.4 Å². The highest BCUT2D eigenvalue weighted by molar-refractivity contribution is 6.30. The summed E-state index contributed by atoms with van der Waals surface area (Å²) < 4.78 is 6.63. The number of likely N-dealkylation sites (N-methyl/N-ethyl adjacent to an activating group) is 1. The highest BCUT2D eigenvalue weighted by atomic mass is 35.5. The zero-order valence-corrected chi connectivity index (χ0v) is 23.2. The van der Waals surface area contributed by atoms with E-state index >= 15 is 0 Å². The molecule has 9 heteroatoms. The Balaban J connectivity index is 1.62. The molecular weight excluding hydrogens is 504 g/mol. The lowest BCUT2D eigenvalue weighted by molar-refractivity contribution is -0.120. The second-order valence-electron chi connectivity index (χ2n) is 10.6. The lowest BCUT2D eigenvalue weighted by Crippen LogP contribution is -2.49. The van der Waals surface area contributed by atoms with E-state index in [4.69, 9.17) is 16.3 Å². The summed E-state index contributed by atoms with van der Waals surface area (Å²) in [5.74, 6) is 0.0261. The SMILES string of the molecule is CC1CN(C(C)CO)C(=O)c2cccc(NC(=O)C3CCNCC3)c2OC1CN(C)Cc1ccc(Cl)cc1. The van der Waals surface area contributed by atoms with Gasteiger partial charge < -0.3 is 25.4 Å². The fourth-order valence-electron chi connectivity index (χ4n) is 5.15. The van der Waals surface area contributed by atoms with Crippen LogP contribution in [-0.2, 0) is 11.3 Å². The van der Waals surface area contributed by atoms with Gasteiger partial charge in [0.25, 0.3) is 5.91 Å². The molecule has 3 atom stereocenters. The van der Waals surface area contributed by atoms with Gasteiger partial charge in [-0.2, -0.15) is 0 Å². The van der Waals surface area contributed by atoms with Gasteiger partial charge in [0.15, 0.2) is 5.75 Å². The van der Waals surface area contributed by atoms with E-state index in [1.54, 1.807) is 23.1 Å². The Kier molecular flexibility index (Phi) is 9.65. The van der Waals surface area contributed by atoms with Crippen LogP contribution in [0.1, 0.15) is 42.6 Å². The monoisotopic (exact) mass is 542 g/mol. The summed E-state index contributed by atoms with van der Waals surface area (Å²) in [6, 6.07) is 12.7. The van der Waals surface area contributed by atoms with Gasteiger partial charge in [-0.15, -0.1) is 0 Å². The number of hydrogen-bond donors (Lipinski definition) is 3. The van der Waals surface area contributed by atoms with Crippen LogP contribution in [0.2, 0.25) is 5.02 Å². The average Bonchev–Trinajstić information content (AvgIpc) is 2.92. The number of anilines is 1. The molecule has 2 aliphatic heterocycles. The van der Waals surface area contributed by atoms with Gasteiger partial charge in [-0.3, -0.25) is 14.5 Å². The number of halogens is 1. The standard InChI is InChI=1S/C29H39ClN4O4/c1-19-15-34(20(2)18-35)29(37)24-5-4-6-25(32-28(36)22-11-13-31-14-12-22)27(24)38-26(19)17-33(3)16-21-7-9-23(30)10-8-21/h4-10,19-20,22,26,31,35H,11-18H2,1-3H3,(H,32,36). The van der Waals surface area contributed by atoms with E-state index in [0.717, 1.165) is 31.5 Å². The quantitative estimate of drug-likeness (QED) is 0.471. The first-order valence-corrected chi connectivity index (χ1v) is 13.8. The summed E-state index contributed by atoms with van der Waals surface area (Å²) in [6.07, 6.45) is 1.29. The molecule has 1 saturated heterocycles. The maximum atomic E-state index is 13.7. The fraction of sp³-hybridized carbons (Fsp3) is 0.517. The zero-order valence-electron chi connectivity index (χ0n) is 22.5. The minimum atomic E-state index is -0.351. The van der Waals surface area contributed by atoms with Crippen molar-refractivity contribution in [2.75, 3.05) is 45.2 Å². The van der Waals surface area contributed by atoms with Gasteiger partial charge in [-0.1, -0.05) is 36.7 Å². The number of benzene rings is 2. The molecule has 206 valence electrons. The van der Waals surface area contributed by atoms with Gasteiger partial charge in [0.1, 0.15) is 6.10 Å². The number of para-hydroxylation sites is 1. The summed E-state index contributed by atoms with van der Waals surface area (Å²) in [7, 11) is 2.04. The number of nitrogens with zero attached hydrogens (tertiary/aromatic N) is 2. The van der Waals surface area contributed by atoms with Crippen LogP contribution in [0.4, 0.5) is 5.69 Å². The summed E-state index contributed by atoms with van der Waals surface area (Å²) in [4.78, 5) is 30.7. The Morgan fingerprint density at radius 3 is 2.63 bits per heavy atom. The van der Waals surface area contributed by atoms with Crippen LogP contribution in [0.5, 0.6) is 5.75 Å². The molecule has 0 saturated carbocycles. The smallest absolute Gasteiger partial charge is 0.258 e. The molecule has 0 aliphatic carbocycles. The second-order valence-corrected chi connectivity index (χ2v) is 11.1. The molecule has 2 amide bonds. The Morgan fingerprint density at radius 2 is 1.95 bits per heavy atom. The maximum absolute atomic E-state index is 13.7. The van der Waals surface area contributed by atoms with Crippen LogP contribution in [0.15, 0.2) is 42.5 Å². The van der Waals surface area contributed by atoms with Gasteiger partial charge >= 0.3 is 0 Å². The summed E-state index contributed by atoms with van der Waals surface area (Å²) in [5, 5.41) is 17.0. The van der Waals surface area contributed by atoms with Gasteiger partial charge in [0, 0.05) is 36.5 Å². The van der Waals surface area contributed by atoms with Gasteiger partial charge in [0.05, 0.1) is 23.9 Å². The molecule has 0 aromatic heterocycles.